The van der Waals surface area contributed by atoms with E-state index < -0.39 is 6.10 Å². The number of carbonyl (C=O) groups is 1. The van der Waals surface area contributed by atoms with Crippen LogP contribution in [0.25, 0.3) is 0 Å². The minimum atomic E-state index is -0.483. The zero-order valence-corrected chi connectivity index (χ0v) is 16.3. The Morgan fingerprint density at radius 2 is 1.89 bits per heavy atom. The van der Waals surface area contributed by atoms with Gasteiger partial charge in [-0.3, -0.25) is 9.69 Å². The van der Waals surface area contributed by atoms with E-state index in [1.165, 1.54) is 12.1 Å². The Balaban J connectivity index is 1.18. The van der Waals surface area contributed by atoms with Crippen LogP contribution in [0.3, 0.4) is 0 Å². The number of benzene rings is 2. The van der Waals surface area contributed by atoms with E-state index in [0.717, 1.165) is 49.7 Å². The molecule has 0 saturated carbocycles. The molecule has 2 aliphatic rings. The van der Waals surface area contributed by atoms with Gasteiger partial charge in [-0.05, 0) is 48.0 Å². The van der Waals surface area contributed by atoms with Crippen molar-refractivity contribution in [2.45, 2.75) is 12.5 Å². The Morgan fingerprint density at radius 3 is 2.64 bits per heavy atom. The predicted octanol–water partition coefficient (Wildman–Crippen LogP) is 2.72. The van der Waals surface area contributed by atoms with Gasteiger partial charge in [0.05, 0.1) is 0 Å². The summed E-state index contributed by atoms with van der Waals surface area (Å²) < 4.78 is 18.8. The Labute approximate surface area is 169 Å². The standard InChI is InChI=1S/C21H23ClFN3O2/c22-16-1-6-19-15(13-16)14-20(28-19)21(27)24-7-8-25-9-11-26(12-10-25)18-4-2-17(23)3-5-18/h1-6,13,20H,7-12,14H2,(H,24,27). The van der Waals surface area contributed by atoms with E-state index in [9.17, 15) is 9.18 Å². The first kappa shape index (κ1) is 19.0. The molecule has 2 heterocycles. The van der Waals surface area contributed by atoms with Crippen molar-refractivity contribution in [2.75, 3.05) is 44.2 Å². The van der Waals surface area contributed by atoms with Gasteiger partial charge in [0.25, 0.3) is 5.91 Å². The quantitative estimate of drug-likeness (QED) is 0.833. The van der Waals surface area contributed by atoms with E-state index in [1.54, 1.807) is 6.07 Å². The van der Waals surface area contributed by atoms with Gasteiger partial charge in [0.1, 0.15) is 11.6 Å². The van der Waals surface area contributed by atoms with Gasteiger partial charge in [-0.15, -0.1) is 0 Å². The van der Waals surface area contributed by atoms with Crippen molar-refractivity contribution in [3.8, 4) is 5.75 Å². The second-order valence-corrected chi connectivity index (χ2v) is 7.60. The van der Waals surface area contributed by atoms with Crippen LogP contribution in [0, 0.1) is 5.82 Å². The predicted molar refractivity (Wildman–Crippen MR) is 108 cm³/mol. The summed E-state index contributed by atoms with van der Waals surface area (Å²) in [7, 11) is 0. The number of carbonyl (C=O) groups excluding carboxylic acids is 1. The fourth-order valence-corrected chi connectivity index (χ4v) is 3.89. The number of hydrogen-bond acceptors (Lipinski definition) is 4. The van der Waals surface area contributed by atoms with Crippen LogP contribution in [-0.4, -0.2) is 56.2 Å². The molecule has 28 heavy (non-hydrogen) atoms. The third kappa shape index (κ3) is 4.39. The molecule has 4 rings (SSSR count). The normalized spacial score (nSPS) is 19.2. The summed E-state index contributed by atoms with van der Waals surface area (Å²) in [4.78, 5) is 17.0. The number of rotatable bonds is 5. The van der Waals surface area contributed by atoms with E-state index in [2.05, 4.69) is 15.1 Å². The molecule has 1 saturated heterocycles. The average molecular weight is 404 g/mol. The molecule has 0 spiro atoms. The van der Waals surface area contributed by atoms with Crippen molar-refractivity contribution in [3.05, 3.63) is 58.9 Å². The summed E-state index contributed by atoms with van der Waals surface area (Å²) in [5.41, 5.74) is 2.02. The van der Waals surface area contributed by atoms with Crippen molar-refractivity contribution < 1.29 is 13.9 Å². The highest BCUT2D eigenvalue weighted by Gasteiger charge is 2.29. The number of anilines is 1. The first-order valence-electron chi connectivity index (χ1n) is 9.54. The van der Waals surface area contributed by atoms with Crippen LogP contribution in [0.1, 0.15) is 5.56 Å². The highest BCUT2D eigenvalue weighted by Crippen LogP contribution is 2.31. The van der Waals surface area contributed by atoms with Gasteiger partial charge < -0.3 is 15.0 Å². The largest absolute Gasteiger partial charge is 0.480 e. The van der Waals surface area contributed by atoms with Crippen molar-refractivity contribution >= 4 is 23.2 Å². The van der Waals surface area contributed by atoms with Gasteiger partial charge in [0, 0.05) is 56.4 Å². The topological polar surface area (TPSA) is 44.8 Å². The lowest BCUT2D eigenvalue weighted by Gasteiger charge is -2.36. The second kappa shape index (κ2) is 8.37. The molecule has 1 atom stereocenters. The van der Waals surface area contributed by atoms with Crippen LogP contribution in [0.5, 0.6) is 5.75 Å². The van der Waals surface area contributed by atoms with Crippen LogP contribution in [-0.2, 0) is 11.2 Å². The van der Waals surface area contributed by atoms with E-state index in [4.69, 9.17) is 16.3 Å². The summed E-state index contributed by atoms with van der Waals surface area (Å²) in [6, 6.07) is 12.1. The number of nitrogens with one attached hydrogen (secondary N) is 1. The molecule has 2 aromatic carbocycles. The smallest absolute Gasteiger partial charge is 0.261 e. The van der Waals surface area contributed by atoms with Crippen LogP contribution >= 0.6 is 11.6 Å². The number of piperazine rings is 1. The molecule has 0 bridgehead atoms. The summed E-state index contributed by atoms with van der Waals surface area (Å²) in [5.74, 6) is 0.439. The molecule has 1 unspecified atom stereocenters. The van der Waals surface area contributed by atoms with Crippen LogP contribution in [0.2, 0.25) is 5.02 Å². The molecule has 2 aliphatic heterocycles. The van der Waals surface area contributed by atoms with E-state index >= 15 is 0 Å². The van der Waals surface area contributed by atoms with Crippen molar-refractivity contribution in [1.29, 1.82) is 0 Å². The molecular formula is C21H23ClFN3O2. The summed E-state index contributed by atoms with van der Waals surface area (Å²) in [6.07, 6.45) is 0.0710. The Hall–Kier alpha value is -2.31. The highest BCUT2D eigenvalue weighted by molar-refractivity contribution is 6.30. The lowest BCUT2D eigenvalue weighted by atomic mass is 10.1. The first-order valence-corrected chi connectivity index (χ1v) is 9.92. The van der Waals surface area contributed by atoms with Gasteiger partial charge >= 0.3 is 0 Å². The van der Waals surface area contributed by atoms with Crippen LogP contribution in [0.15, 0.2) is 42.5 Å². The maximum absolute atomic E-state index is 13.1. The number of amides is 1. The molecule has 0 aromatic heterocycles. The van der Waals surface area contributed by atoms with Crippen molar-refractivity contribution in [3.63, 3.8) is 0 Å². The fourth-order valence-electron chi connectivity index (χ4n) is 3.70. The molecule has 1 amide bonds. The molecule has 7 heteroatoms. The van der Waals surface area contributed by atoms with E-state index in [1.807, 2.05) is 24.3 Å². The van der Waals surface area contributed by atoms with E-state index in [0.29, 0.717) is 18.0 Å². The number of hydrogen-bond donors (Lipinski definition) is 1. The van der Waals surface area contributed by atoms with Crippen LogP contribution < -0.4 is 15.0 Å². The monoisotopic (exact) mass is 403 g/mol. The summed E-state index contributed by atoms with van der Waals surface area (Å²) in [5, 5.41) is 3.63. The first-order chi connectivity index (χ1) is 13.6. The SMILES string of the molecule is O=C(NCCN1CCN(c2ccc(F)cc2)CC1)C1Cc2cc(Cl)ccc2O1. The highest BCUT2D eigenvalue weighted by atomic mass is 35.5. The van der Waals surface area contributed by atoms with E-state index in [-0.39, 0.29) is 11.7 Å². The Morgan fingerprint density at radius 1 is 1.14 bits per heavy atom. The lowest BCUT2D eigenvalue weighted by molar-refractivity contribution is -0.127. The minimum Gasteiger partial charge on any atom is -0.480 e. The molecule has 5 nitrogen and oxygen atoms in total. The maximum Gasteiger partial charge on any atom is 0.261 e. The lowest BCUT2D eigenvalue weighted by Crippen LogP contribution is -2.49. The number of halogens is 2. The zero-order valence-electron chi connectivity index (χ0n) is 15.5. The van der Waals surface area contributed by atoms with Crippen LogP contribution in [0.4, 0.5) is 10.1 Å². The molecular weight excluding hydrogens is 381 g/mol. The maximum atomic E-state index is 13.1. The molecule has 148 valence electrons. The molecule has 2 aromatic rings. The molecule has 0 radical (unpaired) electrons. The third-order valence-electron chi connectivity index (χ3n) is 5.28. The Bertz CT molecular complexity index is 838. The Kier molecular flexibility index (Phi) is 5.69. The summed E-state index contributed by atoms with van der Waals surface area (Å²) in [6.45, 7) is 5.00. The van der Waals surface area contributed by atoms with Gasteiger partial charge in [0.15, 0.2) is 6.10 Å². The summed E-state index contributed by atoms with van der Waals surface area (Å²) >= 11 is 5.99. The van der Waals surface area contributed by atoms with Crippen molar-refractivity contribution in [2.24, 2.45) is 0 Å². The van der Waals surface area contributed by atoms with Gasteiger partial charge in [-0.25, -0.2) is 4.39 Å². The number of ether oxygens (including phenoxy) is 1. The second-order valence-electron chi connectivity index (χ2n) is 7.16. The number of nitrogens with zero attached hydrogens (tertiary/aromatic N) is 2. The van der Waals surface area contributed by atoms with Gasteiger partial charge in [-0.2, -0.15) is 0 Å². The average Bonchev–Trinajstić information content (AvgIpc) is 3.12. The molecule has 1 N–H and O–H groups in total. The van der Waals surface area contributed by atoms with Crippen molar-refractivity contribution in [1.82, 2.24) is 10.2 Å². The zero-order chi connectivity index (χ0) is 19.5. The van der Waals surface area contributed by atoms with Gasteiger partial charge in [0.2, 0.25) is 0 Å². The third-order valence-corrected chi connectivity index (χ3v) is 5.52. The molecule has 1 fully saturated rings. The fraction of sp³-hybridized carbons (Fsp3) is 0.381. The molecule has 0 aliphatic carbocycles. The number of fused-ring (bicyclic) bond motifs is 1. The minimum absolute atomic E-state index is 0.0859. The van der Waals surface area contributed by atoms with Gasteiger partial charge in [-0.1, -0.05) is 11.6 Å².